The average molecular weight is 280 g/mol. The topological polar surface area (TPSA) is 74.7 Å². The first-order valence-corrected chi connectivity index (χ1v) is 6.97. The average Bonchev–Trinajstić information content (AvgIpc) is 2.78. The summed E-state index contributed by atoms with van der Waals surface area (Å²) in [5.74, 6) is -0.263. The molecule has 0 aromatic carbocycles. The van der Waals surface area contributed by atoms with Crippen LogP contribution in [0.4, 0.5) is 0 Å². The number of nitrogens with zero attached hydrogens (tertiary/aromatic N) is 3. The van der Waals surface area contributed by atoms with Gasteiger partial charge in [-0.25, -0.2) is 9.99 Å². The Labute approximate surface area is 115 Å². The molecule has 1 aliphatic rings. The van der Waals surface area contributed by atoms with E-state index in [1.165, 1.54) is 5.01 Å². The Morgan fingerprint density at radius 2 is 2.32 bits per heavy atom. The quantitative estimate of drug-likeness (QED) is 0.883. The molecule has 1 N–H and O–H groups in total. The van der Waals surface area contributed by atoms with Crippen molar-refractivity contribution < 1.29 is 9.59 Å². The number of hydrazone groups is 1. The van der Waals surface area contributed by atoms with Crippen molar-refractivity contribution in [2.75, 3.05) is 13.6 Å². The molecule has 0 saturated heterocycles. The summed E-state index contributed by atoms with van der Waals surface area (Å²) in [4.78, 5) is 27.4. The Morgan fingerprint density at radius 1 is 1.53 bits per heavy atom. The van der Waals surface area contributed by atoms with Gasteiger partial charge in [-0.1, -0.05) is 0 Å². The molecular weight excluding hydrogens is 264 g/mol. The fourth-order valence-electron chi connectivity index (χ4n) is 1.76. The highest BCUT2D eigenvalue weighted by molar-refractivity contribution is 7.09. The molecule has 1 aliphatic heterocycles. The number of hydrogen-bond donors (Lipinski definition) is 1. The highest BCUT2D eigenvalue weighted by Crippen LogP contribution is 2.08. The first-order chi connectivity index (χ1) is 9.06. The largest absolute Gasteiger partial charge is 0.351 e. The van der Waals surface area contributed by atoms with Crippen molar-refractivity contribution in [1.82, 2.24) is 15.3 Å². The molecular formula is C12H16N4O2S. The van der Waals surface area contributed by atoms with Crippen molar-refractivity contribution in [3.63, 3.8) is 0 Å². The predicted molar refractivity (Wildman–Crippen MR) is 73.0 cm³/mol. The van der Waals surface area contributed by atoms with Crippen LogP contribution < -0.4 is 5.32 Å². The van der Waals surface area contributed by atoms with Crippen molar-refractivity contribution in [2.24, 2.45) is 5.10 Å². The van der Waals surface area contributed by atoms with Crippen molar-refractivity contribution in [3.8, 4) is 0 Å². The van der Waals surface area contributed by atoms with Crippen LogP contribution in [0.1, 0.15) is 23.5 Å². The lowest BCUT2D eigenvalue weighted by molar-refractivity contribution is -0.130. The van der Waals surface area contributed by atoms with Gasteiger partial charge in [0.15, 0.2) is 0 Å². The Bertz CT molecular complexity index is 524. The summed E-state index contributed by atoms with van der Waals surface area (Å²) < 4.78 is 0. The summed E-state index contributed by atoms with van der Waals surface area (Å²) in [5, 5.41) is 11.0. The minimum absolute atomic E-state index is 0.0606. The molecule has 2 rings (SSSR count). The molecule has 2 heterocycles. The van der Waals surface area contributed by atoms with Gasteiger partial charge in [-0.3, -0.25) is 9.59 Å². The zero-order chi connectivity index (χ0) is 13.8. The predicted octanol–water partition coefficient (Wildman–Crippen LogP) is 0.718. The lowest BCUT2D eigenvalue weighted by atomic mass is 10.1. The van der Waals surface area contributed by atoms with Gasteiger partial charge in [0, 0.05) is 38.2 Å². The molecule has 7 heteroatoms. The summed E-state index contributed by atoms with van der Waals surface area (Å²) in [5.41, 5.74) is 1.40. The maximum atomic E-state index is 11.8. The molecule has 0 bridgehead atoms. The first kappa shape index (κ1) is 13.7. The van der Waals surface area contributed by atoms with E-state index in [1.54, 1.807) is 18.4 Å². The van der Waals surface area contributed by atoms with Gasteiger partial charge in [0.2, 0.25) is 5.91 Å². The monoisotopic (exact) mass is 280 g/mol. The standard InChI is InChI=1S/C12H16N4O2S/c1-8-14-9(7-19-8)5-6-13-12(18)10-3-4-11(17)16(2)15-10/h7H,3-6H2,1-2H3,(H,13,18). The van der Waals surface area contributed by atoms with Crippen LogP contribution in [-0.2, 0) is 16.0 Å². The third-order valence-corrected chi connectivity index (χ3v) is 3.63. The van der Waals surface area contributed by atoms with Crippen molar-refractivity contribution >= 4 is 28.9 Å². The van der Waals surface area contributed by atoms with Gasteiger partial charge in [-0.2, -0.15) is 5.10 Å². The van der Waals surface area contributed by atoms with E-state index in [4.69, 9.17) is 0 Å². The van der Waals surface area contributed by atoms with E-state index in [9.17, 15) is 9.59 Å². The summed E-state index contributed by atoms with van der Waals surface area (Å²) in [7, 11) is 1.56. The lowest BCUT2D eigenvalue weighted by Crippen LogP contribution is -2.38. The maximum absolute atomic E-state index is 11.8. The minimum atomic E-state index is -0.202. The Kier molecular flexibility index (Phi) is 4.26. The fourth-order valence-corrected chi connectivity index (χ4v) is 2.41. The van der Waals surface area contributed by atoms with Crippen molar-refractivity contribution in [1.29, 1.82) is 0 Å². The maximum Gasteiger partial charge on any atom is 0.267 e. The molecule has 0 atom stereocenters. The van der Waals surface area contributed by atoms with E-state index in [2.05, 4.69) is 15.4 Å². The normalized spacial score (nSPS) is 15.4. The minimum Gasteiger partial charge on any atom is -0.351 e. The molecule has 0 saturated carbocycles. The van der Waals surface area contributed by atoms with E-state index in [-0.39, 0.29) is 11.8 Å². The highest BCUT2D eigenvalue weighted by Gasteiger charge is 2.21. The van der Waals surface area contributed by atoms with Crippen LogP contribution in [0.2, 0.25) is 0 Å². The van der Waals surface area contributed by atoms with E-state index in [0.29, 0.717) is 31.5 Å². The van der Waals surface area contributed by atoms with Crippen molar-refractivity contribution in [3.05, 3.63) is 16.1 Å². The van der Waals surface area contributed by atoms with Gasteiger partial charge >= 0.3 is 0 Å². The molecule has 6 nitrogen and oxygen atoms in total. The molecule has 1 aromatic rings. The number of carbonyl (C=O) groups is 2. The van der Waals surface area contributed by atoms with Crippen LogP contribution >= 0.6 is 11.3 Å². The molecule has 0 unspecified atom stereocenters. The second kappa shape index (κ2) is 5.92. The molecule has 102 valence electrons. The third kappa shape index (κ3) is 3.60. The Hall–Kier alpha value is -1.76. The van der Waals surface area contributed by atoms with Gasteiger partial charge in [0.05, 0.1) is 10.7 Å². The van der Waals surface area contributed by atoms with Crippen molar-refractivity contribution in [2.45, 2.75) is 26.2 Å². The van der Waals surface area contributed by atoms with Crippen LogP contribution in [-0.4, -0.2) is 41.1 Å². The Balaban J connectivity index is 1.81. The number of carbonyl (C=O) groups excluding carboxylic acids is 2. The third-order valence-electron chi connectivity index (χ3n) is 2.80. The molecule has 0 spiro atoms. The number of nitrogens with one attached hydrogen (secondary N) is 1. The Morgan fingerprint density at radius 3 is 2.95 bits per heavy atom. The van der Waals surface area contributed by atoms with Gasteiger partial charge in [0.1, 0.15) is 5.71 Å². The molecule has 2 amide bonds. The summed E-state index contributed by atoms with van der Waals surface area (Å²) in [6.07, 6.45) is 1.46. The summed E-state index contributed by atoms with van der Waals surface area (Å²) >= 11 is 1.60. The van der Waals surface area contributed by atoms with E-state index in [1.807, 2.05) is 12.3 Å². The van der Waals surface area contributed by atoms with E-state index >= 15 is 0 Å². The number of aryl methyl sites for hydroxylation is 1. The van der Waals surface area contributed by atoms with Crippen LogP contribution in [0, 0.1) is 6.92 Å². The van der Waals surface area contributed by atoms with Crippen LogP contribution in [0.25, 0.3) is 0 Å². The zero-order valence-corrected chi connectivity index (χ0v) is 11.8. The van der Waals surface area contributed by atoms with Gasteiger partial charge in [0.25, 0.3) is 5.91 Å². The van der Waals surface area contributed by atoms with Gasteiger partial charge in [-0.15, -0.1) is 11.3 Å². The smallest absolute Gasteiger partial charge is 0.267 e. The number of hydrogen-bond acceptors (Lipinski definition) is 5. The van der Waals surface area contributed by atoms with E-state index < -0.39 is 0 Å². The molecule has 0 fully saturated rings. The number of aromatic nitrogens is 1. The number of rotatable bonds is 4. The molecule has 19 heavy (non-hydrogen) atoms. The summed E-state index contributed by atoms with van der Waals surface area (Å²) in [6.45, 7) is 2.48. The number of amides is 2. The molecule has 0 aliphatic carbocycles. The van der Waals surface area contributed by atoms with E-state index in [0.717, 1.165) is 10.7 Å². The highest BCUT2D eigenvalue weighted by atomic mass is 32.1. The number of thiazole rings is 1. The molecule has 0 radical (unpaired) electrons. The summed E-state index contributed by atoms with van der Waals surface area (Å²) in [6, 6.07) is 0. The second-order valence-electron chi connectivity index (χ2n) is 4.33. The fraction of sp³-hybridized carbons (Fsp3) is 0.500. The van der Waals surface area contributed by atoms with Crippen LogP contribution in [0.5, 0.6) is 0 Å². The van der Waals surface area contributed by atoms with Gasteiger partial charge in [-0.05, 0) is 6.92 Å². The zero-order valence-electron chi connectivity index (χ0n) is 11.0. The second-order valence-corrected chi connectivity index (χ2v) is 5.39. The van der Waals surface area contributed by atoms with Crippen LogP contribution in [0.3, 0.4) is 0 Å². The lowest BCUT2D eigenvalue weighted by Gasteiger charge is -2.18. The SMILES string of the molecule is Cc1nc(CCNC(=O)C2=NN(C)C(=O)CC2)cs1. The van der Waals surface area contributed by atoms with Crippen LogP contribution in [0.15, 0.2) is 10.5 Å². The van der Waals surface area contributed by atoms with Gasteiger partial charge < -0.3 is 5.32 Å². The molecule has 1 aromatic heterocycles. The first-order valence-electron chi connectivity index (χ1n) is 6.09.